The molecule has 0 saturated carbocycles. The van der Waals surface area contributed by atoms with Crippen LogP contribution in [0.2, 0.25) is 0 Å². The number of amides is 2. The van der Waals surface area contributed by atoms with Crippen molar-refractivity contribution in [3.8, 4) is 0 Å². The second-order valence-corrected chi connectivity index (χ2v) is 6.80. The van der Waals surface area contributed by atoms with Gasteiger partial charge in [-0.25, -0.2) is 4.79 Å². The third kappa shape index (κ3) is 4.08. The Labute approximate surface area is 130 Å². The fraction of sp³-hybridized carbons (Fsp3) is 0.353. The molecule has 4 heteroatoms. The fourth-order valence-corrected chi connectivity index (χ4v) is 3.44. The van der Waals surface area contributed by atoms with Crippen LogP contribution >= 0.6 is 11.3 Å². The summed E-state index contributed by atoms with van der Waals surface area (Å²) >= 11 is 1.76. The Balaban J connectivity index is 1.94. The van der Waals surface area contributed by atoms with Gasteiger partial charge in [0.2, 0.25) is 0 Å². The van der Waals surface area contributed by atoms with Gasteiger partial charge in [0.1, 0.15) is 0 Å². The van der Waals surface area contributed by atoms with Gasteiger partial charge in [0.15, 0.2) is 0 Å². The van der Waals surface area contributed by atoms with Crippen LogP contribution < -0.4 is 10.6 Å². The minimum Gasteiger partial charge on any atom is -0.332 e. The summed E-state index contributed by atoms with van der Waals surface area (Å²) in [6.07, 6.45) is 0. The molecule has 0 saturated heterocycles. The predicted octanol–water partition coefficient (Wildman–Crippen LogP) is 4.49. The van der Waals surface area contributed by atoms with E-state index in [0.29, 0.717) is 0 Å². The van der Waals surface area contributed by atoms with Crippen molar-refractivity contribution in [2.45, 2.75) is 39.8 Å². The smallest absolute Gasteiger partial charge is 0.315 e. The highest BCUT2D eigenvalue weighted by molar-refractivity contribution is 7.12. The summed E-state index contributed by atoms with van der Waals surface area (Å²) < 4.78 is 0. The number of carbonyl (C=O) groups is 1. The lowest BCUT2D eigenvalue weighted by molar-refractivity contribution is 0.235. The number of thiophene rings is 1. The summed E-state index contributed by atoms with van der Waals surface area (Å²) in [7, 11) is 0. The van der Waals surface area contributed by atoms with Crippen LogP contribution in [0.25, 0.3) is 0 Å². The largest absolute Gasteiger partial charge is 0.332 e. The lowest BCUT2D eigenvalue weighted by Crippen LogP contribution is -2.38. The van der Waals surface area contributed by atoms with E-state index in [1.165, 1.54) is 15.3 Å². The standard InChI is InChI=1S/C17H22N2OS/c1-11-10-16(14(4)21-11)13(3)19-17(20)18-12(2)15-8-6-5-7-9-15/h5-10,12-13H,1-4H3,(H2,18,19,20)/t12-,13-/m1/s1. The Bertz CT molecular complexity index is 607. The van der Waals surface area contributed by atoms with Crippen molar-refractivity contribution in [1.82, 2.24) is 10.6 Å². The van der Waals surface area contributed by atoms with Crippen molar-refractivity contribution in [1.29, 1.82) is 0 Å². The molecule has 0 aliphatic rings. The lowest BCUT2D eigenvalue weighted by Gasteiger charge is -2.18. The molecule has 2 N–H and O–H groups in total. The molecule has 2 aromatic rings. The highest BCUT2D eigenvalue weighted by Gasteiger charge is 2.15. The van der Waals surface area contributed by atoms with Crippen LogP contribution in [-0.2, 0) is 0 Å². The SMILES string of the molecule is Cc1cc([C@@H](C)NC(=O)N[C@H](C)c2ccccc2)c(C)s1. The third-order valence-corrected chi connectivity index (χ3v) is 4.52. The summed E-state index contributed by atoms with van der Waals surface area (Å²) in [5.41, 5.74) is 2.29. The highest BCUT2D eigenvalue weighted by atomic mass is 32.1. The second-order valence-electron chi connectivity index (χ2n) is 5.34. The van der Waals surface area contributed by atoms with E-state index in [9.17, 15) is 4.79 Å². The number of carbonyl (C=O) groups excluding carboxylic acids is 1. The molecule has 0 bridgehead atoms. The topological polar surface area (TPSA) is 41.1 Å². The van der Waals surface area contributed by atoms with Crippen LogP contribution in [0.1, 0.15) is 46.8 Å². The van der Waals surface area contributed by atoms with Crippen molar-refractivity contribution in [2.24, 2.45) is 0 Å². The minimum atomic E-state index is -0.137. The number of benzene rings is 1. The Kier molecular flexibility index (Phi) is 5.02. The molecule has 2 atom stereocenters. The Morgan fingerprint density at radius 1 is 1.05 bits per heavy atom. The molecule has 3 nitrogen and oxygen atoms in total. The van der Waals surface area contributed by atoms with Crippen molar-refractivity contribution >= 4 is 17.4 Å². The molecule has 1 heterocycles. The van der Waals surface area contributed by atoms with Crippen LogP contribution in [0.4, 0.5) is 4.79 Å². The highest BCUT2D eigenvalue weighted by Crippen LogP contribution is 2.26. The molecule has 1 aromatic heterocycles. The van der Waals surface area contributed by atoms with Crippen LogP contribution in [0.3, 0.4) is 0 Å². The van der Waals surface area contributed by atoms with Gasteiger partial charge < -0.3 is 10.6 Å². The molecule has 0 fully saturated rings. The number of hydrogen-bond donors (Lipinski definition) is 2. The number of nitrogens with one attached hydrogen (secondary N) is 2. The molecular formula is C17H22N2OS. The molecule has 0 unspecified atom stereocenters. The van der Waals surface area contributed by atoms with Crippen LogP contribution in [0.15, 0.2) is 36.4 Å². The van der Waals surface area contributed by atoms with Gasteiger partial charge >= 0.3 is 6.03 Å². The van der Waals surface area contributed by atoms with Crippen molar-refractivity contribution in [2.75, 3.05) is 0 Å². The zero-order valence-corrected chi connectivity index (χ0v) is 13.8. The van der Waals surface area contributed by atoms with E-state index in [4.69, 9.17) is 0 Å². The number of hydrogen-bond acceptors (Lipinski definition) is 2. The summed E-state index contributed by atoms with van der Waals surface area (Å²) in [6.45, 7) is 8.18. The molecule has 0 radical (unpaired) electrons. The average Bonchev–Trinajstić information content (AvgIpc) is 2.78. The number of aryl methyl sites for hydroxylation is 2. The minimum absolute atomic E-state index is 0.0105. The maximum atomic E-state index is 12.1. The molecule has 0 spiro atoms. The molecule has 2 amide bonds. The molecular weight excluding hydrogens is 280 g/mol. The maximum Gasteiger partial charge on any atom is 0.315 e. The summed E-state index contributed by atoms with van der Waals surface area (Å²) in [5.74, 6) is 0. The van der Waals surface area contributed by atoms with Gasteiger partial charge in [0, 0.05) is 9.75 Å². The first-order valence-electron chi connectivity index (χ1n) is 7.16. The number of urea groups is 1. The first kappa shape index (κ1) is 15.6. The van der Waals surface area contributed by atoms with Gasteiger partial charge in [0.25, 0.3) is 0 Å². The van der Waals surface area contributed by atoms with Crippen LogP contribution in [-0.4, -0.2) is 6.03 Å². The number of rotatable bonds is 4. The molecule has 21 heavy (non-hydrogen) atoms. The third-order valence-electron chi connectivity index (χ3n) is 3.54. The second kappa shape index (κ2) is 6.76. The van der Waals surface area contributed by atoms with Gasteiger partial charge in [-0.05, 0) is 44.9 Å². The first-order chi connectivity index (χ1) is 9.97. The van der Waals surface area contributed by atoms with E-state index in [-0.39, 0.29) is 18.1 Å². The van der Waals surface area contributed by atoms with E-state index in [1.807, 2.05) is 44.2 Å². The van der Waals surface area contributed by atoms with Crippen molar-refractivity contribution < 1.29 is 4.79 Å². The Morgan fingerprint density at radius 3 is 2.24 bits per heavy atom. The fourth-order valence-electron chi connectivity index (χ4n) is 2.42. The van der Waals surface area contributed by atoms with Gasteiger partial charge in [-0.15, -0.1) is 11.3 Å². The van der Waals surface area contributed by atoms with E-state index < -0.39 is 0 Å². The molecule has 2 rings (SSSR count). The quantitative estimate of drug-likeness (QED) is 0.858. The van der Waals surface area contributed by atoms with Gasteiger partial charge in [0.05, 0.1) is 12.1 Å². The lowest BCUT2D eigenvalue weighted by atomic mass is 10.1. The average molecular weight is 302 g/mol. The molecule has 0 aliphatic carbocycles. The Hall–Kier alpha value is -1.81. The summed E-state index contributed by atoms with van der Waals surface area (Å²) in [6, 6.07) is 12.0. The predicted molar refractivity (Wildman–Crippen MR) is 88.7 cm³/mol. The van der Waals surface area contributed by atoms with Gasteiger partial charge in [-0.2, -0.15) is 0 Å². The molecule has 0 aliphatic heterocycles. The summed E-state index contributed by atoms with van der Waals surface area (Å²) in [4.78, 5) is 14.6. The van der Waals surface area contributed by atoms with E-state index >= 15 is 0 Å². The van der Waals surface area contributed by atoms with Gasteiger partial charge in [-0.1, -0.05) is 30.3 Å². The zero-order chi connectivity index (χ0) is 15.4. The molecule has 1 aromatic carbocycles. The normalized spacial score (nSPS) is 13.5. The van der Waals surface area contributed by atoms with Crippen molar-refractivity contribution in [3.63, 3.8) is 0 Å². The van der Waals surface area contributed by atoms with Crippen LogP contribution in [0.5, 0.6) is 0 Å². The molecule has 112 valence electrons. The van der Waals surface area contributed by atoms with Gasteiger partial charge in [-0.3, -0.25) is 0 Å². The Morgan fingerprint density at radius 2 is 1.67 bits per heavy atom. The van der Waals surface area contributed by atoms with E-state index in [2.05, 4.69) is 30.5 Å². The first-order valence-corrected chi connectivity index (χ1v) is 7.98. The zero-order valence-electron chi connectivity index (χ0n) is 12.9. The van der Waals surface area contributed by atoms with E-state index in [1.54, 1.807) is 11.3 Å². The maximum absolute atomic E-state index is 12.1. The van der Waals surface area contributed by atoms with E-state index in [0.717, 1.165) is 5.56 Å². The monoisotopic (exact) mass is 302 g/mol. The van der Waals surface area contributed by atoms with Crippen LogP contribution in [0, 0.1) is 13.8 Å². The van der Waals surface area contributed by atoms with Crippen molar-refractivity contribution in [3.05, 3.63) is 57.3 Å². The summed E-state index contributed by atoms with van der Waals surface area (Å²) in [5, 5.41) is 5.98.